The van der Waals surface area contributed by atoms with E-state index in [4.69, 9.17) is 5.11 Å². The van der Waals surface area contributed by atoms with Gasteiger partial charge in [-0.2, -0.15) is 0 Å². The molecule has 20 heavy (non-hydrogen) atoms. The number of halogens is 1. The third-order valence-corrected chi connectivity index (χ3v) is 3.66. The SMILES string of the molecule is CC(CC1CCCCN1)Nc1ccc(F)c(C(=O)O)c1. The average molecular weight is 280 g/mol. The molecule has 0 bridgehead atoms. The monoisotopic (exact) mass is 280 g/mol. The number of anilines is 1. The van der Waals surface area contributed by atoms with Gasteiger partial charge in [-0.1, -0.05) is 6.42 Å². The molecule has 2 atom stereocenters. The fraction of sp³-hybridized carbons (Fsp3) is 0.533. The van der Waals surface area contributed by atoms with Crippen molar-refractivity contribution in [1.29, 1.82) is 0 Å². The molecule has 3 N–H and O–H groups in total. The van der Waals surface area contributed by atoms with Crippen molar-refractivity contribution >= 4 is 11.7 Å². The number of aromatic carboxylic acids is 1. The van der Waals surface area contributed by atoms with E-state index in [1.807, 2.05) is 0 Å². The van der Waals surface area contributed by atoms with Crippen molar-refractivity contribution in [3.8, 4) is 0 Å². The van der Waals surface area contributed by atoms with Crippen molar-refractivity contribution in [2.45, 2.75) is 44.7 Å². The lowest BCUT2D eigenvalue weighted by Crippen LogP contribution is -2.37. The Labute approximate surface area is 118 Å². The molecule has 0 radical (unpaired) electrons. The molecule has 2 unspecified atom stereocenters. The predicted molar refractivity (Wildman–Crippen MR) is 76.7 cm³/mol. The van der Waals surface area contributed by atoms with Gasteiger partial charge in [0.25, 0.3) is 0 Å². The highest BCUT2D eigenvalue weighted by Crippen LogP contribution is 2.18. The minimum atomic E-state index is -1.24. The molecule has 0 spiro atoms. The molecule has 5 heteroatoms. The summed E-state index contributed by atoms with van der Waals surface area (Å²) in [5, 5.41) is 15.6. The van der Waals surface area contributed by atoms with Gasteiger partial charge in [-0.25, -0.2) is 9.18 Å². The molecule has 0 amide bonds. The van der Waals surface area contributed by atoms with Crippen molar-refractivity contribution in [2.24, 2.45) is 0 Å². The molecule has 2 rings (SSSR count). The van der Waals surface area contributed by atoms with Crippen LogP contribution in [-0.2, 0) is 0 Å². The normalized spacial score (nSPS) is 20.4. The first-order valence-electron chi connectivity index (χ1n) is 7.09. The smallest absolute Gasteiger partial charge is 0.338 e. The first kappa shape index (κ1) is 14.8. The van der Waals surface area contributed by atoms with Crippen LogP contribution in [0.3, 0.4) is 0 Å². The maximum atomic E-state index is 13.3. The summed E-state index contributed by atoms with van der Waals surface area (Å²) in [6.07, 6.45) is 4.64. The maximum Gasteiger partial charge on any atom is 0.338 e. The van der Waals surface area contributed by atoms with Crippen LogP contribution in [-0.4, -0.2) is 29.7 Å². The van der Waals surface area contributed by atoms with E-state index in [0.29, 0.717) is 11.7 Å². The summed E-state index contributed by atoms with van der Waals surface area (Å²) in [6.45, 7) is 3.12. The quantitative estimate of drug-likeness (QED) is 0.776. The van der Waals surface area contributed by atoms with Crippen LogP contribution in [0.15, 0.2) is 18.2 Å². The van der Waals surface area contributed by atoms with E-state index in [1.54, 1.807) is 6.07 Å². The summed E-state index contributed by atoms with van der Waals surface area (Å²) in [6, 6.07) is 4.83. The van der Waals surface area contributed by atoms with Crippen LogP contribution >= 0.6 is 0 Å². The van der Waals surface area contributed by atoms with Crippen LogP contribution in [0.4, 0.5) is 10.1 Å². The summed E-state index contributed by atoms with van der Waals surface area (Å²) in [4.78, 5) is 10.9. The third kappa shape index (κ3) is 3.93. The zero-order valence-corrected chi connectivity index (χ0v) is 11.7. The van der Waals surface area contributed by atoms with Crippen molar-refractivity contribution < 1.29 is 14.3 Å². The van der Waals surface area contributed by atoms with Gasteiger partial charge in [-0.3, -0.25) is 0 Å². The fourth-order valence-corrected chi connectivity index (χ4v) is 2.67. The van der Waals surface area contributed by atoms with Gasteiger partial charge in [-0.05, 0) is 50.9 Å². The Morgan fingerprint density at radius 2 is 2.35 bits per heavy atom. The zero-order chi connectivity index (χ0) is 14.5. The number of hydrogen-bond acceptors (Lipinski definition) is 3. The number of piperidine rings is 1. The highest BCUT2D eigenvalue weighted by Gasteiger charge is 2.16. The highest BCUT2D eigenvalue weighted by atomic mass is 19.1. The van der Waals surface area contributed by atoms with Crippen LogP contribution in [0.1, 0.15) is 43.0 Å². The maximum absolute atomic E-state index is 13.3. The van der Waals surface area contributed by atoms with Gasteiger partial charge in [0, 0.05) is 17.8 Å². The van der Waals surface area contributed by atoms with Crippen molar-refractivity contribution in [3.63, 3.8) is 0 Å². The van der Waals surface area contributed by atoms with E-state index < -0.39 is 11.8 Å². The number of hydrogen-bond donors (Lipinski definition) is 3. The molecule has 4 nitrogen and oxygen atoms in total. The van der Waals surface area contributed by atoms with Crippen LogP contribution < -0.4 is 10.6 Å². The van der Waals surface area contributed by atoms with Gasteiger partial charge in [0.1, 0.15) is 5.82 Å². The minimum Gasteiger partial charge on any atom is -0.478 e. The Kier molecular flexibility index (Phi) is 4.95. The van der Waals surface area contributed by atoms with Gasteiger partial charge >= 0.3 is 5.97 Å². The molecule has 1 aliphatic heterocycles. The molecule has 1 aromatic carbocycles. The molecule has 0 saturated carbocycles. The molecule has 1 saturated heterocycles. The molecular formula is C15H21FN2O2. The Hall–Kier alpha value is -1.62. The van der Waals surface area contributed by atoms with Gasteiger partial charge in [0.05, 0.1) is 5.56 Å². The van der Waals surface area contributed by atoms with E-state index in [-0.39, 0.29) is 11.6 Å². The van der Waals surface area contributed by atoms with Crippen LogP contribution in [0, 0.1) is 5.82 Å². The number of carbonyl (C=O) groups is 1. The lowest BCUT2D eigenvalue weighted by molar-refractivity contribution is 0.0692. The number of rotatable bonds is 5. The standard InChI is InChI=1S/C15H21FN2O2/c1-10(8-11-4-2-3-7-17-11)18-12-5-6-14(16)13(9-12)15(19)20/h5-6,9-11,17-18H,2-4,7-8H2,1H3,(H,19,20). The molecule has 0 aromatic heterocycles. The summed E-state index contributed by atoms with van der Waals surface area (Å²) >= 11 is 0. The number of carboxylic acids is 1. The average Bonchev–Trinajstić information content (AvgIpc) is 2.41. The zero-order valence-electron chi connectivity index (χ0n) is 11.7. The molecule has 1 aromatic rings. The lowest BCUT2D eigenvalue weighted by Gasteiger charge is -2.27. The van der Waals surface area contributed by atoms with Crippen LogP contribution in [0.25, 0.3) is 0 Å². The van der Waals surface area contributed by atoms with Crippen molar-refractivity contribution in [1.82, 2.24) is 5.32 Å². The minimum absolute atomic E-state index is 0.206. The van der Waals surface area contributed by atoms with E-state index in [9.17, 15) is 9.18 Å². The van der Waals surface area contributed by atoms with Gasteiger partial charge in [0.2, 0.25) is 0 Å². The molecule has 110 valence electrons. The number of carboxylic acid groups (broad SMARTS) is 1. The Morgan fingerprint density at radius 1 is 1.55 bits per heavy atom. The Balaban J connectivity index is 1.95. The fourth-order valence-electron chi connectivity index (χ4n) is 2.67. The topological polar surface area (TPSA) is 61.4 Å². The summed E-state index contributed by atoms with van der Waals surface area (Å²) in [5.74, 6) is -1.95. The number of benzene rings is 1. The number of nitrogens with one attached hydrogen (secondary N) is 2. The van der Waals surface area contributed by atoms with Crippen molar-refractivity contribution in [2.75, 3.05) is 11.9 Å². The second kappa shape index (κ2) is 6.70. The molecule has 1 heterocycles. The van der Waals surface area contributed by atoms with E-state index in [2.05, 4.69) is 17.6 Å². The predicted octanol–water partition coefficient (Wildman–Crippen LogP) is 2.86. The molecular weight excluding hydrogens is 259 g/mol. The highest BCUT2D eigenvalue weighted by molar-refractivity contribution is 5.89. The van der Waals surface area contributed by atoms with E-state index in [1.165, 1.54) is 31.4 Å². The molecule has 1 aliphatic rings. The first-order valence-corrected chi connectivity index (χ1v) is 7.09. The van der Waals surface area contributed by atoms with Crippen molar-refractivity contribution in [3.05, 3.63) is 29.6 Å². The van der Waals surface area contributed by atoms with E-state index >= 15 is 0 Å². The molecule has 1 fully saturated rings. The first-order chi connectivity index (χ1) is 9.56. The van der Waals surface area contributed by atoms with E-state index in [0.717, 1.165) is 13.0 Å². The Morgan fingerprint density at radius 3 is 3.00 bits per heavy atom. The third-order valence-electron chi connectivity index (χ3n) is 3.66. The van der Waals surface area contributed by atoms with Gasteiger partial charge < -0.3 is 15.7 Å². The molecule has 0 aliphatic carbocycles. The van der Waals surface area contributed by atoms with Gasteiger partial charge in [0.15, 0.2) is 0 Å². The Bertz CT molecular complexity index is 473. The summed E-state index contributed by atoms with van der Waals surface area (Å²) in [7, 11) is 0. The van der Waals surface area contributed by atoms with Crippen LogP contribution in [0.2, 0.25) is 0 Å². The lowest BCUT2D eigenvalue weighted by atomic mass is 9.98. The van der Waals surface area contributed by atoms with Gasteiger partial charge in [-0.15, -0.1) is 0 Å². The summed E-state index contributed by atoms with van der Waals surface area (Å²) in [5.41, 5.74) is 0.352. The second-order valence-electron chi connectivity index (χ2n) is 5.43. The summed E-state index contributed by atoms with van der Waals surface area (Å²) < 4.78 is 13.3. The largest absolute Gasteiger partial charge is 0.478 e. The van der Waals surface area contributed by atoms with Crippen LogP contribution in [0.5, 0.6) is 0 Å². The second-order valence-corrected chi connectivity index (χ2v) is 5.43.